The first-order valence-corrected chi connectivity index (χ1v) is 18.4. The van der Waals surface area contributed by atoms with Crippen LogP contribution in [-0.2, 0) is 18.5 Å². The molecule has 2 aliphatic rings. The predicted molar refractivity (Wildman–Crippen MR) is 166 cm³/mol. The molecule has 3 atom stereocenters. The van der Waals surface area contributed by atoms with Crippen molar-refractivity contribution in [2.24, 2.45) is 7.05 Å². The molecule has 6 rings (SSSR count). The van der Waals surface area contributed by atoms with Gasteiger partial charge < -0.3 is 29.2 Å². The van der Waals surface area contributed by atoms with Crippen molar-refractivity contribution in [3.63, 3.8) is 0 Å². The Morgan fingerprint density at radius 1 is 1.17 bits per heavy atom. The number of nitrogens with zero attached hydrogens (tertiary/aromatic N) is 6. The van der Waals surface area contributed by atoms with Gasteiger partial charge in [-0.05, 0) is 37.8 Å². The maximum Gasteiger partial charge on any atom is 0.404 e. The van der Waals surface area contributed by atoms with Gasteiger partial charge in [0.1, 0.15) is 18.1 Å². The highest BCUT2D eigenvalue weighted by Gasteiger charge is 2.42. The number of carboxylic acid groups (broad SMARTS) is 1. The standard InChI is InChI=1S/C29H36ClN7O4Si/c1-35-15-32-22-8-7-20(25(30)24(22)28(35)38)21-14-36(16-41-9-10-42(2,3)4)27-26(21)31-13-23(34-27)37-18-5-6-19(37)12-17(11-18)33-29(39)40/h7-8,13-15,17-19,33H,5-6,9-12,16H2,1-4H3,(H,39,40)/t17?,18-,19+. The normalized spacial score (nSPS) is 20.5. The highest BCUT2D eigenvalue weighted by Crippen LogP contribution is 2.41. The minimum absolute atomic E-state index is 0.0552. The number of nitrogens with one attached hydrogen (secondary N) is 1. The van der Waals surface area contributed by atoms with Gasteiger partial charge in [-0.1, -0.05) is 37.3 Å². The molecule has 1 unspecified atom stereocenters. The third-order valence-electron chi connectivity index (χ3n) is 8.42. The number of piperidine rings is 1. The predicted octanol–water partition coefficient (Wildman–Crippen LogP) is 5.08. The molecule has 0 saturated carbocycles. The zero-order valence-corrected chi connectivity index (χ0v) is 26.1. The quantitative estimate of drug-likeness (QED) is 0.209. The number of anilines is 1. The number of ether oxygens (including phenoxy) is 1. The summed E-state index contributed by atoms with van der Waals surface area (Å²) >= 11 is 6.90. The molecule has 0 radical (unpaired) electrons. The topological polar surface area (TPSA) is 127 Å². The number of benzene rings is 1. The second kappa shape index (κ2) is 11.0. The molecule has 2 aliphatic heterocycles. The third-order valence-corrected chi connectivity index (χ3v) is 10.5. The van der Waals surface area contributed by atoms with Gasteiger partial charge in [-0.3, -0.25) is 4.79 Å². The molecule has 11 nitrogen and oxygen atoms in total. The highest BCUT2D eigenvalue weighted by atomic mass is 35.5. The molecule has 4 aromatic rings. The number of amides is 1. The Kier molecular flexibility index (Phi) is 7.48. The summed E-state index contributed by atoms with van der Waals surface area (Å²) in [6.45, 7) is 7.93. The van der Waals surface area contributed by atoms with E-state index in [4.69, 9.17) is 26.3 Å². The number of rotatable bonds is 8. The first-order chi connectivity index (χ1) is 20.0. The number of hydrogen-bond acceptors (Lipinski definition) is 7. The van der Waals surface area contributed by atoms with Crippen molar-refractivity contribution in [3.8, 4) is 11.1 Å². The lowest BCUT2D eigenvalue weighted by molar-refractivity contribution is 0.0899. The van der Waals surface area contributed by atoms with Crippen LogP contribution in [0.2, 0.25) is 30.7 Å². The van der Waals surface area contributed by atoms with Gasteiger partial charge in [-0.2, -0.15) is 0 Å². The van der Waals surface area contributed by atoms with Gasteiger partial charge in [-0.15, -0.1) is 0 Å². The van der Waals surface area contributed by atoms with E-state index in [1.54, 1.807) is 19.3 Å². The summed E-state index contributed by atoms with van der Waals surface area (Å²) in [5.74, 6) is 0.777. The number of halogens is 1. The van der Waals surface area contributed by atoms with Crippen molar-refractivity contribution in [2.45, 2.75) is 76.2 Å². The average molecular weight is 610 g/mol. The number of fused-ring (bicyclic) bond motifs is 4. The van der Waals surface area contributed by atoms with E-state index in [-0.39, 0.29) is 23.7 Å². The maximum atomic E-state index is 13.0. The Morgan fingerprint density at radius 2 is 1.90 bits per heavy atom. The lowest BCUT2D eigenvalue weighted by atomic mass is 9.97. The van der Waals surface area contributed by atoms with Gasteiger partial charge in [0.15, 0.2) is 5.65 Å². The molecule has 2 N–H and O–H groups in total. The van der Waals surface area contributed by atoms with Crippen LogP contribution < -0.4 is 15.8 Å². The van der Waals surface area contributed by atoms with Crippen LogP contribution in [0.1, 0.15) is 25.7 Å². The zero-order chi connectivity index (χ0) is 29.8. The largest absolute Gasteiger partial charge is 0.465 e. The molecule has 1 amide bonds. The lowest BCUT2D eigenvalue weighted by Crippen LogP contribution is -2.50. The Labute approximate surface area is 249 Å². The maximum absolute atomic E-state index is 13.0. The van der Waals surface area contributed by atoms with Crippen LogP contribution in [0, 0.1) is 0 Å². The van der Waals surface area contributed by atoms with Crippen molar-refractivity contribution in [2.75, 3.05) is 11.5 Å². The summed E-state index contributed by atoms with van der Waals surface area (Å²) in [5.41, 5.74) is 3.12. The Morgan fingerprint density at radius 3 is 2.60 bits per heavy atom. The van der Waals surface area contributed by atoms with Crippen LogP contribution in [0.4, 0.5) is 10.6 Å². The number of hydrogen-bond donors (Lipinski definition) is 2. The minimum Gasteiger partial charge on any atom is -0.465 e. The Bertz CT molecular complexity index is 1720. The van der Waals surface area contributed by atoms with Gasteiger partial charge in [0.05, 0.1) is 28.4 Å². The van der Waals surface area contributed by atoms with E-state index in [1.807, 2.05) is 16.8 Å². The van der Waals surface area contributed by atoms with Crippen molar-refractivity contribution in [1.29, 1.82) is 0 Å². The molecule has 42 heavy (non-hydrogen) atoms. The number of aryl methyl sites for hydroxylation is 1. The molecule has 222 valence electrons. The highest BCUT2D eigenvalue weighted by molar-refractivity contribution is 6.76. The van der Waals surface area contributed by atoms with Crippen molar-refractivity contribution >= 4 is 53.7 Å². The molecular weight excluding hydrogens is 574 g/mol. The fourth-order valence-corrected chi connectivity index (χ4v) is 7.41. The summed E-state index contributed by atoms with van der Waals surface area (Å²) < 4.78 is 9.52. The first-order valence-electron chi connectivity index (χ1n) is 14.4. The smallest absolute Gasteiger partial charge is 0.404 e. The fourth-order valence-electron chi connectivity index (χ4n) is 6.31. The molecule has 3 aromatic heterocycles. The third kappa shape index (κ3) is 5.38. The van der Waals surface area contributed by atoms with Gasteiger partial charge >= 0.3 is 6.09 Å². The van der Waals surface area contributed by atoms with E-state index in [0.29, 0.717) is 46.0 Å². The molecule has 1 aromatic carbocycles. The lowest BCUT2D eigenvalue weighted by Gasteiger charge is -2.39. The van der Waals surface area contributed by atoms with Crippen LogP contribution in [-0.4, -0.2) is 68.1 Å². The van der Waals surface area contributed by atoms with Crippen LogP contribution in [0.5, 0.6) is 0 Å². The second-order valence-electron chi connectivity index (χ2n) is 12.7. The summed E-state index contributed by atoms with van der Waals surface area (Å²) in [4.78, 5) is 40.9. The summed E-state index contributed by atoms with van der Waals surface area (Å²) in [5, 5.41) is 12.6. The van der Waals surface area contributed by atoms with Crippen LogP contribution in [0.25, 0.3) is 33.2 Å². The molecule has 13 heteroatoms. The molecule has 2 saturated heterocycles. The Balaban J connectivity index is 1.40. The fraction of sp³-hybridized carbons (Fsp3) is 0.483. The molecule has 5 heterocycles. The average Bonchev–Trinajstić information content (AvgIpc) is 3.41. The molecular formula is C29H36ClN7O4Si. The van der Waals surface area contributed by atoms with E-state index < -0.39 is 14.2 Å². The van der Waals surface area contributed by atoms with E-state index >= 15 is 0 Å². The van der Waals surface area contributed by atoms with E-state index in [1.165, 1.54) is 10.9 Å². The summed E-state index contributed by atoms with van der Waals surface area (Å²) in [6.07, 6.45) is 7.73. The first kappa shape index (κ1) is 28.6. The second-order valence-corrected chi connectivity index (χ2v) is 18.7. The molecule has 2 bridgehead atoms. The van der Waals surface area contributed by atoms with Gasteiger partial charge in [-0.25, -0.2) is 19.7 Å². The zero-order valence-electron chi connectivity index (χ0n) is 24.3. The summed E-state index contributed by atoms with van der Waals surface area (Å²) in [6, 6.07) is 5.06. The van der Waals surface area contributed by atoms with Crippen molar-refractivity contribution < 1.29 is 14.6 Å². The number of aromatic nitrogens is 5. The van der Waals surface area contributed by atoms with E-state index in [2.05, 4.69) is 34.8 Å². The van der Waals surface area contributed by atoms with Gasteiger partial charge in [0, 0.05) is 57.2 Å². The van der Waals surface area contributed by atoms with Crippen molar-refractivity contribution in [3.05, 3.63) is 46.2 Å². The van der Waals surface area contributed by atoms with Crippen LogP contribution in [0.15, 0.2) is 35.6 Å². The number of carbonyl (C=O) groups is 1. The monoisotopic (exact) mass is 609 g/mol. The van der Waals surface area contributed by atoms with Gasteiger partial charge in [0.2, 0.25) is 0 Å². The van der Waals surface area contributed by atoms with Crippen LogP contribution in [0.3, 0.4) is 0 Å². The van der Waals surface area contributed by atoms with E-state index in [0.717, 1.165) is 43.1 Å². The van der Waals surface area contributed by atoms with E-state index in [9.17, 15) is 14.7 Å². The molecule has 2 fully saturated rings. The van der Waals surface area contributed by atoms with Crippen molar-refractivity contribution in [1.82, 2.24) is 29.4 Å². The SMILES string of the molecule is Cn1cnc2ccc(-c3cn(COCC[Si](C)(C)C)c4nc(N5[C@@H]6CC[C@H]5CC(NC(=O)O)C6)cnc34)c(Cl)c2c1=O. The minimum atomic E-state index is -1.26. The molecule has 0 aliphatic carbocycles. The Hall–Kier alpha value is -3.48. The summed E-state index contributed by atoms with van der Waals surface area (Å²) in [7, 11) is 0.393. The van der Waals surface area contributed by atoms with Crippen LogP contribution >= 0.6 is 11.6 Å². The molecule has 0 spiro atoms. The van der Waals surface area contributed by atoms with Gasteiger partial charge in [0.25, 0.3) is 5.56 Å².